The van der Waals surface area contributed by atoms with Crippen molar-refractivity contribution in [2.75, 3.05) is 11.4 Å². The van der Waals surface area contributed by atoms with Gasteiger partial charge in [-0.2, -0.15) is 0 Å². The van der Waals surface area contributed by atoms with E-state index in [0.29, 0.717) is 23.6 Å². The number of carboxylic acids is 1. The lowest BCUT2D eigenvalue weighted by atomic mass is 9.99. The number of rotatable bonds is 5. The first kappa shape index (κ1) is 17.2. The minimum Gasteiger partial charge on any atom is -0.481 e. The van der Waals surface area contributed by atoms with E-state index in [1.165, 1.54) is 0 Å². The maximum absolute atomic E-state index is 12.6. The number of ketones is 1. The van der Waals surface area contributed by atoms with Crippen molar-refractivity contribution in [2.45, 2.75) is 12.8 Å². The van der Waals surface area contributed by atoms with Crippen LogP contribution in [0.4, 0.5) is 5.69 Å². The summed E-state index contributed by atoms with van der Waals surface area (Å²) in [5, 5.41) is 9.75. The van der Waals surface area contributed by atoms with E-state index in [1.807, 2.05) is 35.2 Å². The second kappa shape index (κ2) is 7.53. The Balaban J connectivity index is 1.94. The van der Waals surface area contributed by atoms with Crippen LogP contribution in [0.25, 0.3) is 0 Å². The average molecular weight is 356 g/mol. The maximum Gasteiger partial charge on any atom is 0.304 e. The molecule has 2 aromatic carbocycles. The van der Waals surface area contributed by atoms with Gasteiger partial charge in [-0.25, -0.2) is 0 Å². The number of para-hydroxylation sites is 1. The number of hydrogen-bond donors (Lipinski definition) is 1. The number of nitrogens with zero attached hydrogens (tertiary/aromatic N) is 1. The van der Waals surface area contributed by atoms with Crippen molar-refractivity contribution < 1.29 is 14.7 Å². The molecule has 0 amide bonds. The lowest BCUT2D eigenvalue weighted by molar-refractivity contribution is -0.137. The third-order valence-electron chi connectivity index (χ3n) is 4.33. The van der Waals surface area contributed by atoms with Gasteiger partial charge in [0.25, 0.3) is 0 Å². The highest BCUT2D eigenvalue weighted by atomic mass is 35.5. The molecule has 1 atom stereocenters. The standard InChI is InChI=1S/C20H18ClNO3/c21-16-8-6-14(7-9-16)19(23)13-18-15(12-20(24)25)10-11-22(18)17-4-2-1-3-5-17/h1-9,13,15H,10-12H2,(H,24,25)/b18-13-. The average Bonchev–Trinajstić information content (AvgIpc) is 2.98. The zero-order valence-electron chi connectivity index (χ0n) is 13.6. The summed E-state index contributed by atoms with van der Waals surface area (Å²) in [5.74, 6) is -1.18. The first-order valence-corrected chi connectivity index (χ1v) is 8.48. The van der Waals surface area contributed by atoms with Crippen LogP contribution in [0.2, 0.25) is 5.02 Å². The van der Waals surface area contributed by atoms with Gasteiger partial charge in [-0.1, -0.05) is 29.8 Å². The monoisotopic (exact) mass is 355 g/mol. The molecule has 5 heteroatoms. The Bertz CT molecular complexity index is 799. The quantitative estimate of drug-likeness (QED) is 0.637. The molecule has 25 heavy (non-hydrogen) atoms. The fourth-order valence-electron chi connectivity index (χ4n) is 3.11. The van der Waals surface area contributed by atoms with E-state index >= 15 is 0 Å². The molecular weight excluding hydrogens is 338 g/mol. The van der Waals surface area contributed by atoms with E-state index in [2.05, 4.69) is 0 Å². The highest BCUT2D eigenvalue weighted by Gasteiger charge is 2.31. The zero-order valence-corrected chi connectivity index (χ0v) is 14.3. The predicted octanol–water partition coefficient (Wildman–Crippen LogP) is 4.41. The highest BCUT2D eigenvalue weighted by Crippen LogP contribution is 2.35. The summed E-state index contributed by atoms with van der Waals surface area (Å²) in [6.07, 6.45) is 2.29. The molecule has 0 spiro atoms. The summed E-state index contributed by atoms with van der Waals surface area (Å²) in [6.45, 7) is 0.696. The van der Waals surface area contributed by atoms with E-state index in [-0.39, 0.29) is 18.1 Å². The Labute approximate surface area is 151 Å². The van der Waals surface area contributed by atoms with Crippen LogP contribution in [0.5, 0.6) is 0 Å². The summed E-state index contributed by atoms with van der Waals surface area (Å²) in [4.78, 5) is 25.8. The van der Waals surface area contributed by atoms with Crippen LogP contribution in [-0.4, -0.2) is 23.4 Å². The molecular formula is C20H18ClNO3. The minimum atomic E-state index is -0.857. The van der Waals surface area contributed by atoms with Crippen LogP contribution in [0.15, 0.2) is 66.4 Å². The predicted molar refractivity (Wildman–Crippen MR) is 98.0 cm³/mol. The van der Waals surface area contributed by atoms with Crippen molar-refractivity contribution in [1.82, 2.24) is 0 Å². The second-order valence-electron chi connectivity index (χ2n) is 6.01. The highest BCUT2D eigenvalue weighted by molar-refractivity contribution is 6.30. The normalized spacial score (nSPS) is 18.5. The van der Waals surface area contributed by atoms with Crippen LogP contribution in [-0.2, 0) is 4.79 Å². The Morgan fingerprint density at radius 2 is 1.80 bits per heavy atom. The lowest BCUT2D eigenvalue weighted by Crippen LogP contribution is -2.19. The van der Waals surface area contributed by atoms with Crippen molar-refractivity contribution in [3.8, 4) is 0 Å². The molecule has 128 valence electrons. The number of benzene rings is 2. The number of anilines is 1. The summed E-state index contributed by atoms with van der Waals surface area (Å²) < 4.78 is 0. The molecule has 4 nitrogen and oxygen atoms in total. The summed E-state index contributed by atoms with van der Waals surface area (Å²) in [7, 11) is 0. The van der Waals surface area contributed by atoms with Crippen molar-refractivity contribution in [3.05, 3.63) is 77.0 Å². The third-order valence-corrected chi connectivity index (χ3v) is 4.58. The van der Waals surface area contributed by atoms with E-state index < -0.39 is 5.97 Å². The molecule has 1 saturated heterocycles. The summed E-state index contributed by atoms with van der Waals surface area (Å²) in [6, 6.07) is 16.4. The molecule has 1 fully saturated rings. The van der Waals surface area contributed by atoms with Gasteiger partial charge in [0.1, 0.15) is 0 Å². The van der Waals surface area contributed by atoms with Gasteiger partial charge in [0.2, 0.25) is 0 Å². The third kappa shape index (κ3) is 4.09. The van der Waals surface area contributed by atoms with Gasteiger partial charge in [-0.05, 0) is 42.8 Å². The fraction of sp³-hybridized carbons (Fsp3) is 0.200. The molecule has 1 aliphatic rings. The topological polar surface area (TPSA) is 57.6 Å². The summed E-state index contributed by atoms with van der Waals surface area (Å²) >= 11 is 5.87. The first-order valence-electron chi connectivity index (χ1n) is 8.10. The van der Waals surface area contributed by atoms with Crippen LogP contribution < -0.4 is 4.90 Å². The van der Waals surface area contributed by atoms with Crippen LogP contribution in [0.1, 0.15) is 23.2 Å². The number of aliphatic carboxylic acids is 1. The van der Waals surface area contributed by atoms with Crippen molar-refractivity contribution in [1.29, 1.82) is 0 Å². The Morgan fingerprint density at radius 3 is 2.44 bits per heavy atom. The molecule has 1 unspecified atom stereocenters. The molecule has 0 saturated carbocycles. The second-order valence-corrected chi connectivity index (χ2v) is 6.45. The molecule has 1 aliphatic heterocycles. The van der Waals surface area contributed by atoms with E-state index in [9.17, 15) is 14.7 Å². The first-order chi connectivity index (χ1) is 12.0. The smallest absolute Gasteiger partial charge is 0.304 e. The SMILES string of the molecule is O=C(O)CC1CCN(c2ccccc2)/C1=C\C(=O)c1ccc(Cl)cc1. The molecule has 1 N–H and O–H groups in total. The van der Waals surface area contributed by atoms with E-state index in [4.69, 9.17) is 11.6 Å². The van der Waals surface area contributed by atoms with Gasteiger partial charge in [0, 0.05) is 40.5 Å². The van der Waals surface area contributed by atoms with E-state index in [1.54, 1.807) is 30.3 Å². The maximum atomic E-state index is 12.6. The Hall–Kier alpha value is -2.59. The number of halogens is 1. The van der Waals surface area contributed by atoms with Crippen LogP contribution in [0, 0.1) is 5.92 Å². The van der Waals surface area contributed by atoms with Crippen molar-refractivity contribution >= 4 is 29.0 Å². The Kier molecular flexibility index (Phi) is 5.19. The number of allylic oxidation sites excluding steroid dienone is 2. The molecule has 0 bridgehead atoms. The molecule has 3 rings (SSSR count). The van der Waals surface area contributed by atoms with Crippen LogP contribution in [0.3, 0.4) is 0 Å². The van der Waals surface area contributed by atoms with Gasteiger partial charge in [0.15, 0.2) is 5.78 Å². The molecule has 0 radical (unpaired) electrons. The number of carbonyl (C=O) groups excluding carboxylic acids is 1. The van der Waals surface area contributed by atoms with Gasteiger partial charge in [0.05, 0.1) is 6.42 Å². The van der Waals surface area contributed by atoms with Gasteiger partial charge in [-0.15, -0.1) is 0 Å². The summed E-state index contributed by atoms with van der Waals surface area (Å²) in [5.41, 5.74) is 2.25. The van der Waals surface area contributed by atoms with Gasteiger partial charge in [-0.3, -0.25) is 9.59 Å². The lowest BCUT2D eigenvalue weighted by Gasteiger charge is -2.22. The molecule has 1 heterocycles. The van der Waals surface area contributed by atoms with Crippen molar-refractivity contribution in [3.63, 3.8) is 0 Å². The number of carboxylic acid groups (broad SMARTS) is 1. The minimum absolute atomic E-state index is 0.0169. The number of hydrogen-bond acceptors (Lipinski definition) is 3. The Morgan fingerprint density at radius 1 is 1.12 bits per heavy atom. The molecule has 0 aliphatic carbocycles. The number of carbonyl (C=O) groups is 2. The van der Waals surface area contributed by atoms with Crippen LogP contribution >= 0.6 is 11.6 Å². The van der Waals surface area contributed by atoms with E-state index in [0.717, 1.165) is 11.4 Å². The largest absolute Gasteiger partial charge is 0.481 e. The fourth-order valence-corrected chi connectivity index (χ4v) is 3.24. The van der Waals surface area contributed by atoms with Gasteiger partial charge < -0.3 is 10.0 Å². The zero-order chi connectivity index (χ0) is 17.8. The van der Waals surface area contributed by atoms with Crippen molar-refractivity contribution in [2.24, 2.45) is 5.92 Å². The molecule has 2 aromatic rings. The van der Waals surface area contributed by atoms with Gasteiger partial charge >= 0.3 is 5.97 Å². The molecule has 0 aromatic heterocycles.